The van der Waals surface area contributed by atoms with E-state index in [0.29, 0.717) is 5.92 Å². The van der Waals surface area contributed by atoms with Crippen LogP contribution >= 0.6 is 11.6 Å². The van der Waals surface area contributed by atoms with Crippen LogP contribution in [0.3, 0.4) is 0 Å². The van der Waals surface area contributed by atoms with Gasteiger partial charge in [-0.05, 0) is 17.0 Å². The van der Waals surface area contributed by atoms with Gasteiger partial charge in [0.25, 0.3) is 10.0 Å². The van der Waals surface area contributed by atoms with E-state index in [1.54, 1.807) is 0 Å². The molecule has 0 fully saturated rings. The van der Waals surface area contributed by atoms with Crippen molar-refractivity contribution in [3.63, 3.8) is 0 Å². The van der Waals surface area contributed by atoms with Crippen LogP contribution in [0.15, 0.2) is 35.5 Å². The maximum absolute atomic E-state index is 12.3. The fourth-order valence-electron chi connectivity index (χ4n) is 2.22. The van der Waals surface area contributed by atoms with Gasteiger partial charge in [0.05, 0.1) is 11.2 Å². The molecule has 3 N–H and O–H groups in total. The molecule has 1 aromatic heterocycles. The van der Waals surface area contributed by atoms with Crippen molar-refractivity contribution in [3.05, 3.63) is 46.6 Å². The molecule has 0 saturated carbocycles. The van der Waals surface area contributed by atoms with Crippen molar-refractivity contribution >= 4 is 21.6 Å². The minimum atomic E-state index is -3.76. The number of benzene rings is 1. The Bertz CT molecular complexity index is 750. The minimum Gasteiger partial charge on any atom is -0.323 e. The van der Waals surface area contributed by atoms with E-state index in [9.17, 15) is 8.42 Å². The molecular formula is C15H21ClN4O2S. The first-order valence-corrected chi connectivity index (χ1v) is 9.11. The number of rotatable bonds is 6. The van der Waals surface area contributed by atoms with Gasteiger partial charge in [0.15, 0.2) is 5.03 Å². The largest absolute Gasteiger partial charge is 0.323 e. The van der Waals surface area contributed by atoms with Crippen molar-refractivity contribution in [2.45, 2.75) is 30.8 Å². The van der Waals surface area contributed by atoms with E-state index in [4.69, 9.17) is 17.3 Å². The Morgan fingerprint density at radius 3 is 2.30 bits per heavy atom. The van der Waals surface area contributed by atoms with Crippen LogP contribution in [0.4, 0.5) is 0 Å². The molecule has 0 saturated heterocycles. The quantitative estimate of drug-likeness (QED) is 0.830. The summed E-state index contributed by atoms with van der Waals surface area (Å²) in [4.78, 5) is 0. The summed E-state index contributed by atoms with van der Waals surface area (Å²) < 4.78 is 28.3. The monoisotopic (exact) mass is 356 g/mol. The van der Waals surface area contributed by atoms with Gasteiger partial charge in [0, 0.05) is 19.6 Å². The average molecular weight is 357 g/mol. The van der Waals surface area contributed by atoms with Gasteiger partial charge >= 0.3 is 0 Å². The summed E-state index contributed by atoms with van der Waals surface area (Å²) >= 11 is 5.88. The molecule has 1 heterocycles. The average Bonchev–Trinajstić information content (AvgIpc) is 2.84. The van der Waals surface area contributed by atoms with Crippen LogP contribution in [0, 0.1) is 0 Å². The van der Waals surface area contributed by atoms with Crippen LogP contribution < -0.4 is 10.5 Å². The highest BCUT2D eigenvalue weighted by molar-refractivity contribution is 7.89. The SMILES string of the molecule is CC(C)c1ccc(C(N)CNS(=O)(=O)c2c(Cl)cnn2C)cc1. The van der Waals surface area contributed by atoms with Gasteiger partial charge < -0.3 is 5.73 Å². The summed E-state index contributed by atoms with van der Waals surface area (Å²) in [5, 5.41) is 3.84. The number of aryl methyl sites for hydroxylation is 1. The van der Waals surface area contributed by atoms with Gasteiger partial charge in [-0.15, -0.1) is 0 Å². The van der Waals surface area contributed by atoms with Crippen molar-refractivity contribution in [2.24, 2.45) is 12.8 Å². The number of halogens is 1. The smallest absolute Gasteiger partial charge is 0.259 e. The van der Waals surface area contributed by atoms with Crippen molar-refractivity contribution in [1.29, 1.82) is 0 Å². The summed E-state index contributed by atoms with van der Waals surface area (Å²) in [6, 6.07) is 7.41. The Morgan fingerprint density at radius 2 is 1.83 bits per heavy atom. The summed E-state index contributed by atoms with van der Waals surface area (Å²) in [6.07, 6.45) is 1.29. The second kappa shape index (κ2) is 7.00. The number of nitrogens with one attached hydrogen (secondary N) is 1. The van der Waals surface area contributed by atoms with Crippen LogP contribution in [0.2, 0.25) is 5.02 Å². The van der Waals surface area contributed by atoms with Crippen molar-refractivity contribution in [3.8, 4) is 0 Å². The first-order valence-electron chi connectivity index (χ1n) is 7.25. The molecule has 2 aromatic rings. The predicted molar refractivity (Wildman–Crippen MR) is 90.9 cm³/mol. The zero-order valence-corrected chi connectivity index (χ0v) is 14.9. The molecule has 0 spiro atoms. The third-order valence-electron chi connectivity index (χ3n) is 3.62. The van der Waals surface area contributed by atoms with E-state index in [-0.39, 0.29) is 16.6 Å². The number of nitrogens with two attached hydrogens (primary N) is 1. The molecule has 0 aliphatic carbocycles. The van der Waals surface area contributed by atoms with Crippen LogP contribution in [0.5, 0.6) is 0 Å². The van der Waals surface area contributed by atoms with Gasteiger partial charge in [-0.1, -0.05) is 49.7 Å². The van der Waals surface area contributed by atoms with Crippen LogP contribution in [0.25, 0.3) is 0 Å². The van der Waals surface area contributed by atoms with Crippen molar-refractivity contribution in [1.82, 2.24) is 14.5 Å². The number of hydrogen-bond donors (Lipinski definition) is 2. The van der Waals surface area contributed by atoms with Gasteiger partial charge in [0.1, 0.15) is 0 Å². The second-order valence-electron chi connectivity index (χ2n) is 5.70. The zero-order chi connectivity index (χ0) is 17.2. The molecule has 6 nitrogen and oxygen atoms in total. The fraction of sp³-hybridized carbons (Fsp3) is 0.400. The molecule has 23 heavy (non-hydrogen) atoms. The molecule has 126 valence electrons. The standard InChI is InChI=1S/C15H21ClN4O2S/c1-10(2)11-4-6-12(7-5-11)14(17)9-19-23(21,22)15-13(16)8-18-20(15)3/h4-8,10,14,19H,9,17H2,1-3H3. The number of aromatic nitrogens is 2. The molecule has 1 aromatic carbocycles. The number of nitrogens with zero attached hydrogens (tertiary/aromatic N) is 2. The summed E-state index contributed by atoms with van der Waals surface area (Å²) in [5.74, 6) is 0.436. The molecule has 0 amide bonds. The maximum Gasteiger partial charge on any atom is 0.259 e. The fourth-order valence-corrected chi connectivity index (χ4v) is 3.93. The Labute approximate surface area is 141 Å². The van der Waals surface area contributed by atoms with Gasteiger partial charge in [-0.25, -0.2) is 13.1 Å². The lowest BCUT2D eigenvalue weighted by Crippen LogP contribution is -2.33. The molecule has 0 bridgehead atoms. The number of sulfonamides is 1. The molecule has 0 aliphatic rings. The lowest BCUT2D eigenvalue weighted by Gasteiger charge is -2.15. The molecule has 8 heteroatoms. The lowest BCUT2D eigenvalue weighted by molar-refractivity contribution is 0.555. The maximum atomic E-state index is 12.3. The van der Waals surface area contributed by atoms with Gasteiger partial charge in [-0.2, -0.15) is 5.10 Å². The second-order valence-corrected chi connectivity index (χ2v) is 7.79. The Kier molecular flexibility index (Phi) is 5.46. The Morgan fingerprint density at radius 1 is 1.26 bits per heavy atom. The van der Waals surface area contributed by atoms with Crippen molar-refractivity contribution in [2.75, 3.05) is 6.54 Å². The minimum absolute atomic E-state index is 0.0680. The molecule has 1 unspecified atom stereocenters. The molecule has 0 radical (unpaired) electrons. The first-order chi connectivity index (χ1) is 10.7. The van der Waals surface area contributed by atoms with Crippen molar-refractivity contribution < 1.29 is 8.42 Å². The van der Waals surface area contributed by atoms with Gasteiger partial charge in [0.2, 0.25) is 0 Å². The van der Waals surface area contributed by atoms with Crippen LogP contribution in [-0.4, -0.2) is 24.7 Å². The van der Waals surface area contributed by atoms with E-state index in [1.165, 1.54) is 23.5 Å². The first kappa shape index (κ1) is 17.9. The molecule has 1 atom stereocenters. The van der Waals surface area contributed by atoms with Crippen LogP contribution in [0.1, 0.15) is 36.9 Å². The summed E-state index contributed by atoms with van der Waals surface area (Å²) in [7, 11) is -2.25. The molecule has 2 rings (SSSR count). The third kappa shape index (κ3) is 4.11. The van der Waals surface area contributed by atoms with E-state index >= 15 is 0 Å². The van der Waals surface area contributed by atoms with Crippen LogP contribution in [-0.2, 0) is 17.1 Å². The number of hydrogen-bond acceptors (Lipinski definition) is 4. The van der Waals surface area contributed by atoms with E-state index < -0.39 is 16.1 Å². The van der Waals surface area contributed by atoms with E-state index in [2.05, 4.69) is 23.7 Å². The zero-order valence-electron chi connectivity index (χ0n) is 13.3. The highest BCUT2D eigenvalue weighted by Gasteiger charge is 2.23. The highest BCUT2D eigenvalue weighted by Crippen LogP contribution is 2.21. The van der Waals surface area contributed by atoms with E-state index in [0.717, 1.165) is 5.56 Å². The Hall–Kier alpha value is -1.41. The Balaban J connectivity index is 2.08. The topological polar surface area (TPSA) is 90.0 Å². The molecule has 0 aliphatic heterocycles. The lowest BCUT2D eigenvalue weighted by atomic mass is 9.99. The molecular weight excluding hydrogens is 336 g/mol. The summed E-state index contributed by atoms with van der Waals surface area (Å²) in [6.45, 7) is 4.30. The predicted octanol–water partition coefficient (Wildman–Crippen LogP) is 2.18. The normalized spacial score (nSPS) is 13.5. The van der Waals surface area contributed by atoms with Gasteiger partial charge in [-0.3, -0.25) is 4.68 Å². The third-order valence-corrected chi connectivity index (χ3v) is 5.55. The highest BCUT2D eigenvalue weighted by atomic mass is 35.5. The summed E-state index contributed by atoms with van der Waals surface area (Å²) in [5.41, 5.74) is 8.16. The van der Waals surface area contributed by atoms with E-state index in [1.807, 2.05) is 24.3 Å².